The van der Waals surface area contributed by atoms with Gasteiger partial charge in [0.25, 0.3) is 0 Å². The van der Waals surface area contributed by atoms with E-state index in [0.717, 1.165) is 0 Å². The largest absolute Gasteiger partial charge is 0.510 e. The molecule has 5 heteroatoms. The molecule has 0 radical (unpaired) electrons. The van der Waals surface area contributed by atoms with Crippen molar-refractivity contribution in [1.29, 1.82) is 0 Å². The lowest BCUT2D eigenvalue weighted by molar-refractivity contribution is -0.151. The van der Waals surface area contributed by atoms with Crippen LogP contribution in [0, 0.1) is 0 Å². The van der Waals surface area contributed by atoms with Crippen LogP contribution in [-0.4, -0.2) is 33.0 Å². The Morgan fingerprint density at radius 1 is 1.54 bits per heavy atom. The summed E-state index contributed by atoms with van der Waals surface area (Å²) in [5.74, 6) is -1.62. The zero-order valence-electron chi connectivity index (χ0n) is 6.86. The first-order valence-electron chi connectivity index (χ1n) is 4.08. The molecule has 1 fully saturated rings. The summed E-state index contributed by atoms with van der Waals surface area (Å²) in [6, 6.07) is -0.00509. The Morgan fingerprint density at radius 2 is 2.23 bits per heavy atom. The van der Waals surface area contributed by atoms with Gasteiger partial charge in [0.1, 0.15) is 5.76 Å². The number of rotatable bonds is 1. The number of nitrogens with zero attached hydrogens (tertiary/aromatic N) is 1. The molecule has 5 nitrogen and oxygen atoms in total. The van der Waals surface area contributed by atoms with Crippen LogP contribution in [-0.2, 0) is 9.59 Å². The summed E-state index contributed by atoms with van der Waals surface area (Å²) in [5, 5.41) is 18.0. The molecule has 70 valence electrons. The molecule has 2 N–H and O–H groups in total. The van der Waals surface area contributed by atoms with Crippen molar-refractivity contribution in [2.45, 2.75) is 25.3 Å². The smallest absolute Gasteiger partial charge is 0.356 e. The van der Waals surface area contributed by atoms with E-state index in [4.69, 9.17) is 5.11 Å². The van der Waals surface area contributed by atoms with Crippen molar-refractivity contribution >= 4 is 11.9 Å². The molecule has 0 saturated carbocycles. The van der Waals surface area contributed by atoms with Crippen molar-refractivity contribution in [2.75, 3.05) is 0 Å². The van der Waals surface area contributed by atoms with Crippen molar-refractivity contribution in [2.24, 2.45) is 0 Å². The van der Waals surface area contributed by atoms with Gasteiger partial charge in [-0.25, -0.2) is 4.79 Å². The number of β-lactam (4-membered cyclic amide) rings is 1. The number of hydrogen-bond donors (Lipinski definition) is 2. The predicted molar refractivity (Wildman–Crippen MR) is 41.8 cm³/mol. The van der Waals surface area contributed by atoms with E-state index in [2.05, 4.69) is 0 Å². The lowest BCUT2D eigenvalue weighted by Crippen LogP contribution is -2.55. The van der Waals surface area contributed by atoms with Gasteiger partial charge in [0, 0.05) is 18.9 Å². The number of aliphatic carboxylic acids is 1. The number of carbonyl (C=O) groups is 2. The van der Waals surface area contributed by atoms with Crippen molar-refractivity contribution in [3.05, 3.63) is 11.5 Å². The molecule has 13 heavy (non-hydrogen) atoms. The van der Waals surface area contributed by atoms with Crippen LogP contribution in [0.4, 0.5) is 0 Å². The number of aliphatic hydroxyl groups excluding tert-OH is 1. The minimum absolute atomic E-state index is 0.00509. The number of aliphatic hydroxyl groups is 1. The first-order valence-corrected chi connectivity index (χ1v) is 4.08. The van der Waals surface area contributed by atoms with E-state index in [1.807, 2.05) is 0 Å². The average Bonchev–Trinajstić information content (AvgIpc) is 2.05. The summed E-state index contributed by atoms with van der Waals surface area (Å²) in [4.78, 5) is 22.9. The normalized spacial score (nSPS) is 26.9. The fourth-order valence-corrected chi connectivity index (χ4v) is 1.81. The third kappa shape index (κ3) is 0.998. The summed E-state index contributed by atoms with van der Waals surface area (Å²) in [6.07, 6.45) is 1.43. The van der Waals surface area contributed by atoms with E-state index in [9.17, 15) is 14.7 Å². The Balaban J connectivity index is 2.37. The second kappa shape index (κ2) is 2.48. The monoisotopic (exact) mass is 183 g/mol. The molecule has 2 rings (SSSR count). The number of hydrogen-bond acceptors (Lipinski definition) is 3. The Hall–Kier alpha value is -1.52. The molecule has 1 atom stereocenters. The van der Waals surface area contributed by atoms with Gasteiger partial charge in [-0.15, -0.1) is 0 Å². The van der Waals surface area contributed by atoms with Crippen LogP contribution in [0.2, 0.25) is 0 Å². The molecule has 0 aromatic rings. The van der Waals surface area contributed by atoms with Crippen LogP contribution >= 0.6 is 0 Å². The highest BCUT2D eigenvalue weighted by molar-refractivity contribution is 5.96. The number of amides is 1. The molecule has 0 aromatic carbocycles. The highest BCUT2D eigenvalue weighted by Gasteiger charge is 2.44. The van der Waals surface area contributed by atoms with Gasteiger partial charge in [-0.1, -0.05) is 0 Å². The van der Waals surface area contributed by atoms with E-state index in [1.54, 1.807) is 0 Å². The Labute approximate surface area is 74.3 Å². The van der Waals surface area contributed by atoms with E-state index in [-0.39, 0.29) is 23.4 Å². The predicted octanol–water partition coefficient (Wildman–Crippen LogP) is 0.235. The third-order valence-electron chi connectivity index (χ3n) is 2.48. The highest BCUT2D eigenvalue weighted by Crippen LogP contribution is 2.35. The van der Waals surface area contributed by atoms with Crippen LogP contribution in [0.3, 0.4) is 0 Å². The SMILES string of the molecule is O=C(O)C1=C(O)CCC2CC(=O)N12. The highest BCUT2D eigenvalue weighted by atomic mass is 16.4. The summed E-state index contributed by atoms with van der Waals surface area (Å²) < 4.78 is 0. The van der Waals surface area contributed by atoms with Gasteiger partial charge in [0.05, 0.1) is 0 Å². The Kier molecular flexibility index (Phi) is 1.55. The van der Waals surface area contributed by atoms with Crippen molar-refractivity contribution in [1.82, 2.24) is 4.90 Å². The maximum atomic E-state index is 11.0. The molecule has 0 spiro atoms. The van der Waals surface area contributed by atoms with Gasteiger partial charge >= 0.3 is 5.97 Å². The second-order valence-corrected chi connectivity index (χ2v) is 3.26. The number of carboxylic acid groups (broad SMARTS) is 1. The molecule has 2 aliphatic rings. The maximum Gasteiger partial charge on any atom is 0.356 e. The van der Waals surface area contributed by atoms with Gasteiger partial charge < -0.3 is 10.2 Å². The van der Waals surface area contributed by atoms with Gasteiger partial charge in [-0.3, -0.25) is 9.69 Å². The quantitative estimate of drug-likeness (QED) is 0.570. The zero-order valence-corrected chi connectivity index (χ0v) is 6.86. The number of allylic oxidation sites excluding steroid dienone is 1. The van der Waals surface area contributed by atoms with Gasteiger partial charge in [-0.2, -0.15) is 0 Å². The first kappa shape index (κ1) is 8.10. The summed E-state index contributed by atoms with van der Waals surface area (Å²) in [7, 11) is 0. The first-order chi connectivity index (χ1) is 6.11. The lowest BCUT2D eigenvalue weighted by Gasteiger charge is -2.43. The summed E-state index contributed by atoms with van der Waals surface area (Å²) in [6.45, 7) is 0. The Morgan fingerprint density at radius 3 is 2.69 bits per heavy atom. The van der Waals surface area contributed by atoms with Crippen LogP contribution in [0.15, 0.2) is 11.5 Å². The second-order valence-electron chi connectivity index (χ2n) is 3.26. The molecular weight excluding hydrogens is 174 g/mol. The average molecular weight is 183 g/mol. The number of carbonyl (C=O) groups excluding carboxylic acids is 1. The molecule has 2 aliphatic heterocycles. The van der Waals surface area contributed by atoms with Crippen LogP contribution in [0.1, 0.15) is 19.3 Å². The molecule has 0 bridgehead atoms. The minimum Gasteiger partial charge on any atom is -0.510 e. The molecule has 2 heterocycles. The fourth-order valence-electron chi connectivity index (χ4n) is 1.81. The van der Waals surface area contributed by atoms with Gasteiger partial charge in [0.2, 0.25) is 5.91 Å². The third-order valence-corrected chi connectivity index (χ3v) is 2.48. The molecule has 1 amide bonds. The molecule has 0 aromatic heterocycles. The zero-order chi connectivity index (χ0) is 9.59. The molecule has 0 aliphatic carbocycles. The lowest BCUT2D eigenvalue weighted by atomic mass is 9.91. The Bertz CT molecular complexity index is 320. The minimum atomic E-state index is -1.23. The molecule has 1 unspecified atom stereocenters. The van der Waals surface area contributed by atoms with Crippen molar-refractivity contribution in [3.8, 4) is 0 Å². The number of fused-ring (bicyclic) bond motifs is 1. The summed E-state index contributed by atoms with van der Waals surface area (Å²) in [5.41, 5.74) is -0.229. The maximum absolute atomic E-state index is 11.0. The standard InChI is InChI=1S/C8H9NO4/c10-5-2-1-4-3-6(11)9(4)7(5)8(12)13/h4,10H,1-3H2,(H,12,13). The van der Waals surface area contributed by atoms with Crippen molar-refractivity contribution < 1.29 is 19.8 Å². The fraction of sp³-hybridized carbons (Fsp3) is 0.500. The number of carboxylic acids is 1. The van der Waals surface area contributed by atoms with E-state index in [0.29, 0.717) is 19.3 Å². The van der Waals surface area contributed by atoms with E-state index < -0.39 is 5.97 Å². The van der Waals surface area contributed by atoms with Crippen molar-refractivity contribution in [3.63, 3.8) is 0 Å². The van der Waals surface area contributed by atoms with Crippen LogP contribution < -0.4 is 0 Å². The van der Waals surface area contributed by atoms with Gasteiger partial charge in [-0.05, 0) is 6.42 Å². The summed E-state index contributed by atoms with van der Waals surface area (Å²) >= 11 is 0. The molecule has 1 saturated heterocycles. The molecular formula is C8H9NO4. The van der Waals surface area contributed by atoms with Crippen LogP contribution in [0.5, 0.6) is 0 Å². The van der Waals surface area contributed by atoms with E-state index >= 15 is 0 Å². The van der Waals surface area contributed by atoms with Gasteiger partial charge in [0.15, 0.2) is 5.70 Å². The van der Waals surface area contributed by atoms with Crippen LogP contribution in [0.25, 0.3) is 0 Å². The van der Waals surface area contributed by atoms with E-state index in [1.165, 1.54) is 4.90 Å². The topological polar surface area (TPSA) is 77.8 Å².